The number of carbonyl (C=O) groups is 1. The molecule has 0 aliphatic rings. The van der Waals surface area contributed by atoms with Crippen LogP contribution in [0.5, 0.6) is 0 Å². The lowest BCUT2D eigenvalue weighted by Crippen LogP contribution is -2.24. The van der Waals surface area contributed by atoms with Crippen LogP contribution in [-0.4, -0.2) is 39.8 Å². The lowest BCUT2D eigenvalue weighted by atomic mass is 10.0. The number of nitrogens with one attached hydrogen (secondary N) is 2. The van der Waals surface area contributed by atoms with Gasteiger partial charge in [-0.1, -0.05) is 24.6 Å². The first-order valence-corrected chi connectivity index (χ1v) is 9.81. The normalized spacial score (nSPS) is 11.7. The van der Waals surface area contributed by atoms with Crippen molar-refractivity contribution in [2.24, 2.45) is 0 Å². The first kappa shape index (κ1) is 21.9. The van der Waals surface area contributed by atoms with E-state index in [1.165, 1.54) is 10.6 Å². The van der Waals surface area contributed by atoms with Crippen LogP contribution in [0.25, 0.3) is 16.9 Å². The fourth-order valence-electron chi connectivity index (χ4n) is 3.02. The summed E-state index contributed by atoms with van der Waals surface area (Å²) in [6, 6.07) is 6.78. The van der Waals surface area contributed by atoms with Crippen LogP contribution in [0.2, 0.25) is 5.15 Å². The number of nitrogens with zero attached hydrogens (tertiary/aromatic N) is 3. The molecule has 160 valence electrons. The van der Waals surface area contributed by atoms with E-state index in [-0.39, 0.29) is 17.6 Å². The molecule has 2 aromatic heterocycles. The van der Waals surface area contributed by atoms with E-state index in [9.17, 15) is 18.0 Å². The van der Waals surface area contributed by atoms with Crippen LogP contribution in [-0.2, 0) is 0 Å². The molecule has 0 saturated heterocycles. The van der Waals surface area contributed by atoms with Gasteiger partial charge in [-0.2, -0.15) is 18.3 Å². The second kappa shape index (κ2) is 8.91. The summed E-state index contributed by atoms with van der Waals surface area (Å²) in [5, 5.41) is 9.92. The van der Waals surface area contributed by atoms with Crippen molar-refractivity contribution in [3.8, 4) is 11.3 Å². The Hall–Kier alpha value is -2.81. The number of hydrogen-bond donors (Lipinski definition) is 2. The third-order valence-corrected chi connectivity index (χ3v) is 4.65. The molecule has 1 aromatic carbocycles. The highest BCUT2D eigenvalue weighted by Crippen LogP contribution is 2.28. The number of aromatic nitrogens is 3. The average molecular weight is 440 g/mol. The van der Waals surface area contributed by atoms with Crippen LogP contribution >= 0.6 is 11.6 Å². The Balaban J connectivity index is 1.92. The molecule has 0 bridgehead atoms. The highest BCUT2D eigenvalue weighted by atomic mass is 35.5. The van der Waals surface area contributed by atoms with Gasteiger partial charge in [-0.3, -0.25) is 4.79 Å². The maximum absolute atomic E-state index is 12.4. The van der Waals surface area contributed by atoms with Crippen LogP contribution in [0, 0.1) is 6.92 Å². The zero-order valence-corrected chi connectivity index (χ0v) is 17.2. The van der Waals surface area contributed by atoms with Gasteiger partial charge in [0, 0.05) is 30.3 Å². The molecule has 3 rings (SSSR count). The molecule has 3 aromatic rings. The van der Waals surface area contributed by atoms with Gasteiger partial charge < -0.3 is 10.6 Å². The summed E-state index contributed by atoms with van der Waals surface area (Å²) in [6.45, 7) is 4.10. The van der Waals surface area contributed by atoms with Gasteiger partial charge in [-0.15, -0.1) is 0 Å². The summed E-state index contributed by atoms with van der Waals surface area (Å²) in [4.78, 5) is 16.5. The molecule has 0 radical (unpaired) electrons. The molecule has 6 nitrogen and oxygen atoms in total. The van der Waals surface area contributed by atoms with Gasteiger partial charge in [0.1, 0.15) is 0 Å². The van der Waals surface area contributed by atoms with Gasteiger partial charge in [-0.25, -0.2) is 9.50 Å². The summed E-state index contributed by atoms with van der Waals surface area (Å²) < 4.78 is 38.8. The number of aryl methyl sites for hydroxylation is 1. The van der Waals surface area contributed by atoms with Gasteiger partial charge in [0.25, 0.3) is 5.91 Å². The fraction of sp³-hybridized carbons (Fsp3) is 0.350. The fourth-order valence-corrected chi connectivity index (χ4v) is 3.20. The molecule has 0 saturated carbocycles. The predicted octanol–water partition coefficient (Wildman–Crippen LogP) is 4.86. The Kier molecular flexibility index (Phi) is 6.50. The van der Waals surface area contributed by atoms with Crippen molar-refractivity contribution in [2.75, 3.05) is 18.4 Å². The van der Waals surface area contributed by atoms with Gasteiger partial charge in [0.15, 0.2) is 10.8 Å². The Bertz CT molecular complexity index is 1060. The summed E-state index contributed by atoms with van der Waals surface area (Å²) in [5.74, 6) is -0.142. The minimum absolute atomic E-state index is 0.114. The second-order valence-corrected chi connectivity index (χ2v) is 7.22. The van der Waals surface area contributed by atoms with E-state index in [1.807, 2.05) is 19.9 Å². The summed E-state index contributed by atoms with van der Waals surface area (Å²) in [7, 11) is 0. The number of fused-ring (bicyclic) bond motifs is 1. The minimum atomic E-state index is -4.26. The number of carbonyl (C=O) groups excluding carboxylic acids is 1. The molecule has 30 heavy (non-hydrogen) atoms. The largest absolute Gasteiger partial charge is 0.390 e. The summed E-state index contributed by atoms with van der Waals surface area (Å²) in [5.41, 5.74) is 3.43. The number of imidazole rings is 1. The van der Waals surface area contributed by atoms with Crippen molar-refractivity contribution in [1.82, 2.24) is 19.9 Å². The minimum Gasteiger partial charge on any atom is -0.382 e. The van der Waals surface area contributed by atoms with E-state index in [2.05, 4.69) is 20.7 Å². The van der Waals surface area contributed by atoms with E-state index in [4.69, 9.17) is 11.6 Å². The number of anilines is 1. The molecule has 1 amide bonds. The molecule has 0 aliphatic carbocycles. The molecule has 0 aliphatic heterocycles. The average Bonchev–Trinajstić information content (AvgIpc) is 3.08. The topological polar surface area (TPSA) is 71.3 Å². The van der Waals surface area contributed by atoms with Crippen LogP contribution in [0.4, 0.5) is 18.9 Å². The van der Waals surface area contributed by atoms with Crippen molar-refractivity contribution in [1.29, 1.82) is 0 Å². The van der Waals surface area contributed by atoms with Gasteiger partial charge in [0.05, 0.1) is 24.0 Å². The maximum Gasteiger partial charge on any atom is 0.390 e. The van der Waals surface area contributed by atoms with Gasteiger partial charge in [-0.05, 0) is 31.0 Å². The number of amides is 1. The number of rotatable bonds is 7. The predicted molar refractivity (Wildman–Crippen MR) is 110 cm³/mol. The number of alkyl halides is 3. The van der Waals surface area contributed by atoms with Gasteiger partial charge >= 0.3 is 6.18 Å². The number of benzene rings is 1. The van der Waals surface area contributed by atoms with Crippen molar-refractivity contribution in [2.45, 2.75) is 32.9 Å². The van der Waals surface area contributed by atoms with Gasteiger partial charge in [0.2, 0.25) is 0 Å². The molecule has 10 heteroatoms. The maximum atomic E-state index is 12.4. The third-order valence-electron chi connectivity index (χ3n) is 4.46. The zero-order chi connectivity index (χ0) is 21.9. The van der Waals surface area contributed by atoms with E-state index in [0.29, 0.717) is 29.1 Å². The van der Waals surface area contributed by atoms with Crippen LogP contribution in [0.1, 0.15) is 35.7 Å². The molecular weight excluding hydrogens is 419 g/mol. The molecule has 2 N–H and O–H groups in total. The molecule has 2 heterocycles. The first-order chi connectivity index (χ1) is 14.2. The molecule has 0 atom stereocenters. The van der Waals surface area contributed by atoms with Crippen LogP contribution < -0.4 is 10.6 Å². The smallest absolute Gasteiger partial charge is 0.382 e. The van der Waals surface area contributed by atoms with E-state index >= 15 is 0 Å². The monoisotopic (exact) mass is 439 g/mol. The quantitative estimate of drug-likeness (QED) is 0.551. The van der Waals surface area contributed by atoms with Crippen LogP contribution in [0.15, 0.2) is 30.5 Å². The van der Waals surface area contributed by atoms with Crippen molar-refractivity contribution < 1.29 is 18.0 Å². The highest BCUT2D eigenvalue weighted by Gasteiger charge is 2.26. The lowest BCUT2D eigenvalue weighted by molar-refractivity contribution is -0.131. The standard InChI is InChI=1S/C20H21ClF3N5O/c1-3-7-26-19(30)14-5-4-13(9-12(14)2)16-11-27-18-15(10-17(21)28-29(16)18)25-8-6-20(22,23)24/h4-5,9-11,25H,3,6-8H2,1-2H3,(H,26,30). The zero-order valence-electron chi connectivity index (χ0n) is 16.5. The Morgan fingerprint density at radius 3 is 2.67 bits per heavy atom. The summed E-state index contributed by atoms with van der Waals surface area (Å²) >= 11 is 6.08. The highest BCUT2D eigenvalue weighted by molar-refractivity contribution is 6.29. The van der Waals surface area contributed by atoms with E-state index < -0.39 is 12.6 Å². The summed E-state index contributed by atoms with van der Waals surface area (Å²) in [6.07, 6.45) is -2.83. The second-order valence-electron chi connectivity index (χ2n) is 6.84. The molecule has 0 unspecified atom stereocenters. The van der Waals surface area contributed by atoms with E-state index in [1.54, 1.807) is 18.3 Å². The van der Waals surface area contributed by atoms with Crippen LogP contribution in [0.3, 0.4) is 0 Å². The van der Waals surface area contributed by atoms with E-state index in [0.717, 1.165) is 17.5 Å². The van der Waals surface area contributed by atoms with Crippen molar-refractivity contribution in [3.63, 3.8) is 0 Å². The number of halogens is 4. The Morgan fingerprint density at radius 1 is 1.23 bits per heavy atom. The Morgan fingerprint density at radius 2 is 2.00 bits per heavy atom. The lowest BCUT2D eigenvalue weighted by Gasteiger charge is -2.11. The van der Waals surface area contributed by atoms with Crippen molar-refractivity contribution >= 4 is 28.8 Å². The first-order valence-electron chi connectivity index (χ1n) is 9.43. The van der Waals surface area contributed by atoms with Crippen molar-refractivity contribution in [3.05, 3.63) is 46.7 Å². The third kappa shape index (κ3) is 5.02. The Labute approximate surface area is 176 Å². The SMILES string of the molecule is CCCNC(=O)c1ccc(-c2cnc3c(NCCC(F)(F)F)cc(Cl)nn23)cc1C. The molecular formula is C20H21ClF3N5O. The molecule has 0 spiro atoms. The number of hydrogen-bond acceptors (Lipinski definition) is 4. The molecule has 0 fully saturated rings.